The van der Waals surface area contributed by atoms with Crippen molar-refractivity contribution in [2.75, 3.05) is 5.75 Å². The molecule has 2 N–H and O–H groups in total. The molecule has 0 unspecified atom stereocenters. The highest BCUT2D eigenvalue weighted by Gasteiger charge is 2.26. The van der Waals surface area contributed by atoms with E-state index in [-0.39, 0.29) is 32.6 Å². The SMILES string of the molecule is CC[C@H](C)NC(=O)CSc1nc(-c2ccc(C)cc2)[nH]c1S(=O)(=O)c1ccccc1. The molecule has 0 aliphatic rings. The van der Waals surface area contributed by atoms with Gasteiger partial charge in [-0.1, -0.05) is 66.7 Å². The maximum absolute atomic E-state index is 13.2. The molecule has 0 fully saturated rings. The predicted octanol–water partition coefficient (Wildman–Crippen LogP) is 4.22. The fraction of sp³-hybridized carbons (Fsp3) is 0.273. The second-order valence-corrected chi connectivity index (χ2v) is 9.92. The Labute approximate surface area is 181 Å². The van der Waals surface area contributed by atoms with Crippen LogP contribution in [-0.4, -0.2) is 36.1 Å². The number of H-pyrrole nitrogens is 1. The number of carbonyl (C=O) groups is 1. The number of aromatic nitrogens is 2. The summed E-state index contributed by atoms with van der Waals surface area (Å²) < 4.78 is 26.5. The van der Waals surface area contributed by atoms with E-state index in [0.717, 1.165) is 29.3 Å². The summed E-state index contributed by atoms with van der Waals surface area (Å²) in [6.45, 7) is 5.90. The maximum atomic E-state index is 13.2. The molecule has 0 aliphatic heterocycles. The Morgan fingerprint density at radius 2 is 1.80 bits per heavy atom. The van der Waals surface area contributed by atoms with Crippen molar-refractivity contribution in [3.05, 3.63) is 60.2 Å². The lowest BCUT2D eigenvalue weighted by Crippen LogP contribution is -2.33. The molecule has 6 nitrogen and oxygen atoms in total. The fourth-order valence-electron chi connectivity index (χ4n) is 2.74. The Morgan fingerprint density at radius 1 is 1.13 bits per heavy atom. The second-order valence-electron chi connectivity index (χ2n) is 7.07. The first-order valence-electron chi connectivity index (χ1n) is 9.70. The summed E-state index contributed by atoms with van der Waals surface area (Å²) in [5, 5.41) is 3.18. The zero-order valence-electron chi connectivity index (χ0n) is 17.2. The van der Waals surface area contributed by atoms with Crippen LogP contribution in [0.2, 0.25) is 0 Å². The van der Waals surface area contributed by atoms with Crippen molar-refractivity contribution in [1.82, 2.24) is 15.3 Å². The molecule has 158 valence electrons. The summed E-state index contributed by atoms with van der Waals surface area (Å²) in [6.07, 6.45) is 0.823. The van der Waals surface area contributed by atoms with E-state index in [1.807, 2.05) is 45.0 Å². The molecule has 1 heterocycles. The molecular formula is C22H25N3O3S2. The van der Waals surface area contributed by atoms with Crippen LogP contribution in [0.3, 0.4) is 0 Å². The van der Waals surface area contributed by atoms with Gasteiger partial charge in [0.2, 0.25) is 15.7 Å². The molecule has 0 radical (unpaired) electrons. The average molecular weight is 444 g/mol. The van der Waals surface area contributed by atoms with Crippen molar-refractivity contribution in [3.63, 3.8) is 0 Å². The Morgan fingerprint density at radius 3 is 2.43 bits per heavy atom. The Kier molecular flexibility index (Phi) is 6.99. The highest BCUT2D eigenvalue weighted by Crippen LogP contribution is 2.32. The standard InChI is InChI=1S/C22H25N3O3S2/c1-4-16(3)23-19(26)14-29-21-22(30(27,28)18-8-6-5-7-9-18)25-20(24-21)17-12-10-15(2)11-13-17/h5-13,16H,4,14H2,1-3H3,(H,23,26)(H,24,25)/t16-/m0/s1. The first-order valence-corrected chi connectivity index (χ1v) is 12.2. The molecule has 0 spiro atoms. The summed E-state index contributed by atoms with van der Waals surface area (Å²) in [5.41, 5.74) is 1.87. The van der Waals surface area contributed by atoms with Crippen molar-refractivity contribution in [2.24, 2.45) is 0 Å². The van der Waals surface area contributed by atoms with Gasteiger partial charge in [0.1, 0.15) is 10.9 Å². The lowest BCUT2D eigenvalue weighted by molar-refractivity contribution is -0.119. The zero-order chi connectivity index (χ0) is 21.7. The molecule has 2 aromatic carbocycles. The summed E-state index contributed by atoms with van der Waals surface area (Å²) in [7, 11) is -3.81. The Balaban J connectivity index is 1.97. The van der Waals surface area contributed by atoms with Crippen LogP contribution in [0.1, 0.15) is 25.8 Å². The summed E-state index contributed by atoms with van der Waals surface area (Å²) in [6, 6.07) is 15.9. The number of aryl methyl sites for hydroxylation is 1. The Hall–Kier alpha value is -2.58. The highest BCUT2D eigenvalue weighted by molar-refractivity contribution is 8.00. The first-order chi connectivity index (χ1) is 14.3. The van der Waals surface area contributed by atoms with E-state index >= 15 is 0 Å². The van der Waals surface area contributed by atoms with E-state index in [2.05, 4.69) is 15.3 Å². The van der Waals surface area contributed by atoms with Crippen LogP contribution in [0.4, 0.5) is 0 Å². The van der Waals surface area contributed by atoms with Gasteiger partial charge in [0.15, 0.2) is 5.03 Å². The van der Waals surface area contributed by atoms with Gasteiger partial charge < -0.3 is 10.3 Å². The number of hydrogen-bond donors (Lipinski definition) is 2. The molecule has 1 aromatic heterocycles. The number of sulfone groups is 1. The number of imidazole rings is 1. The van der Waals surface area contributed by atoms with Crippen molar-refractivity contribution in [1.29, 1.82) is 0 Å². The number of hydrogen-bond acceptors (Lipinski definition) is 5. The van der Waals surface area contributed by atoms with Gasteiger partial charge in [0, 0.05) is 11.6 Å². The van der Waals surface area contributed by atoms with Crippen LogP contribution < -0.4 is 5.32 Å². The van der Waals surface area contributed by atoms with Crippen molar-refractivity contribution < 1.29 is 13.2 Å². The van der Waals surface area contributed by atoms with Gasteiger partial charge in [-0.3, -0.25) is 4.79 Å². The van der Waals surface area contributed by atoms with Crippen LogP contribution in [0.5, 0.6) is 0 Å². The van der Waals surface area contributed by atoms with E-state index < -0.39 is 9.84 Å². The van der Waals surface area contributed by atoms with Crippen molar-refractivity contribution in [3.8, 4) is 11.4 Å². The number of nitrogens with zero attached hydrogens (tertiary/aromatic N) is 1. The third-order valence-corrected chi connectivity index (χ3v) is 7.48. The third-order valence-electron chi connectivity index (χ3n) is 4.65. The fourth-order valence-corrected chi connectivity index (χ4v) is 5.19. The first kappa shape index (κ1) is 22.1. The number of rotatable bonds is 8. The van der Waals surface area contributed by atoms with E-state index in [1.165, 1.54) is 0 Å². The van der Waals surface area contributed by atoms with Gasteiger partial charge >= 0.3 is 0 Å². The lowest BCUT2D eigenvalue weighted by Gasteiger charge is -2.10. The molecule has 0 bridgehead atoms. The summed E-state index contributed by atoms with van der Waals surface area (Å²) >= 11 is 1.11. The molecule has 30 heavy (non-hydrogen) atoms. The van der Waals surface area contributed by atoms with E-state index in [9.17, 15) is 13.2 Å². The minimum Gasteiger partial charge on any atom is -0.353 e. The third kappa shape index (κ3) is 5.12. The molecule has 1 amide bonds. The topological polar surface area (TPSA) is 91.9 Å². The largest absolute Gasteiger partial charge is 0.353 e. The van der Waals surface area contributed by atoms with Crippen LogP contribution in [0, 0.1) is 6.92 Å². The normalized spacial score (nSPS) is 12.5. The van der Waals surface area contributed by atoms with Crippen LogP contribution >= 0.6 is 11.8 Å². The monoisotopic (exact) mass is 443 g/mol. The lowest BCUT2D eigenvalue weighted by atomic mass is 10.1. The number of carbonyl (C=O) groups excluding carboxylic acids is 1. The van der Waals surface area contributed by atoms with Gasteiger partial charge in [-0.2, -0.15) is 0 Å². The molecule has 3 aromatic rings. The predicted molar refractivity (Wildman–Crippen MR) is 119 cm³/mol. The van der Waals surface area contributed by atoms with Crippen LogP contribution in [0.25, 0.3) is 11.4 Å². The summed E-state index contributed by atoms with van der Waals surface area (Å²) in [5.74, 6) is 0.381. The van der Waals surface area contributed by atoms with Crippen LogP contribution in [-0.2, 0) is 14.6 Å². The zero-order valence-corrected chi connectivity index (χ0v) is 18.8. The van der Waals surface area contributed by atoms with Crippen LogP contribution in [0.15, 0.2) is 69.5 Å². The molecule has 0 aliphatic carbocycles. The summed E-state index contributed by atoms with van der Waals surface area (Å²) in [4.78, 5) is 19.9. The molecule has 8 heteroatoms. The van der Waals surface area contributed by atoms with Gasteiger partial charge in [-0.15, -0.1) is 0 Å². The highest BCUT2D eigenvalue weighted by atomic mass is 32.2. The quantitative estimate of drug-likeness (QED) is 0.509. The van der Waals surface area contributed by atoms with Gasteiger partial charge in [-0.05, 0) is 32.4 Å². The number of thioether (sulfide) groups is 1. The number of benzene rings is 2. The number of nitrogens with one attached hydrogen (secondary N) is 2. The van der Waals surface area contributed by atoms with E-state index in [4.69, 9.17) is 0 Å². The number of amides is 1. The minimum atomic E-state index is -3.81. The van der Waals surface area contributed by atoms with Gasteiger partial charge in [0.25, 0.3) is 0 Å². The molecular weight excluding hydrogens is 418 g/mol. The van der Waals surface area contributed by atoms with Crippen molar-refractivity contribution >= 4 is 27.5 Å². The number of aromatic amines is 1. The van der Waals surface area contributed by atoms with Gasteiger partial charge in [0.05, 0.1) is 10.6 Å². The molecule has 3 rings (SSSR count). The molecule has 0 saturated heterocycles. The smallest absolute Gasteiger partial charge is 0.230 e. The molecule has 0 saturated carbocycles. The van der Waals surface area contributed by atoms with Crippen molar-refractivity contribution in [2.45, 2.75) is 48.2 Å². The second kappa shape index (κ2) is 9.49. The molecule has 1 atom stereocenters. The average Bonchev–Trinajstić information content (AvgIpc) is 3.18. The van der Waals surface area contributed by atoms with Gasteiger partial charge in [-0.25, -0.2) is 13.4 Å². The maximum Gasteiger partial charge on any atom is 0.230 e. The Bertz CT molecular complexity index is 1110. The van der Waals surface area contributed by atoms with E-state index in [1.54, 1.807) is 30.3 Å². The minimum absolute atomic E-state index is 0.00520. The van der Waals surface area contributed by atoms with E-state index in [0.29, 0.717) is 5.82 Å².